The number of aromatic nitrogens is 3. The van der Waals surface area contributed by atoms with Crippen LogP contribution in [0.5, 0.6) is 0 Å². The Morgan fingerprint density at radius 2 is 1.10 bits per heavy atom. The van der Waals surface area contributed by atoms with E-state index in [1.807, 2.05) is 72.8 Å². The van der Waals surface area contributed by atoms with Crippen molar-refractivity contribution in [2.45, 2.75) is 12.3 Å². The summed E-state index contributed by atoms with van der Waals surface area (Å²) < 4.78 is 13.0. The first-order chi connectivity index (χ1) is 25.8. The number of hydrogen-bond donors (Lipinski definition) is 0. The number of fused-ring (bicyclic) bond motifs is 10. The van der Waals surface area contributed by atoms with Gasteiger partial charge in [0, 0.05) is 38.6 Å². The fraction of sp³-hybridized carbons (Fsp3) is 0.0426. The van der Waals surface area contributed by atoms with E-state index < -0.39 is 0 Å². The van der Waals surface area contributed by atoms with E-state index in [1.54, 1.807) is 0 Å². The Morgan fingerprint density at radius 1 is 0.462 bits per heavy atom. The van der Waals surface area contributed by atoms with Gasteiger partial charge >= 0.3 is 0 Å². The summed E-state index contributed by atoms with van der Waals surface area (Å²) in [5.74, 6) is 2.00. The number of hydrogen-bond acceptors (Lipinski definition) is 5. The maximum Gasteiger partial charge on any atom is 0.167 e. The van der Waals surface area contributed by atoms with Gasteiger partial charge < -0.3 is 8.83 Å². The van der Waals surface area contributed by atoms with Gasteiger partial charge in [-0.1, -0.05) is 127 Å². The van der Waals surface area contributed by atoms with Crippen molar-refractivity contribution in [2.75, 3.05) is 0 Å². The summed E-state index contributed by atoms with van der Waals surface area (Å²) in [4.78, 5) is 14.9. The Bertz CT molecular complexity index is 2940. The first-order valence-electron chi connectivity index (χ1n) is 17.6. The summed E-state index contributed by atoms with van der Waals surface area (Å²) in [6, 6.07) is 54.6. The highest BCUT2D eigenvalue weighted by Gasteiger charge is 2.29. The molecule has 0 saturated heterocycles. The maximum atomic E-state index is 6.67. The minimum atomic E-state index is 0.183. The van der Waals surface area contributed by atoms with Crippen LogP contribution in [0.1, 0.15) is 22.6 Å². The number of benzene rings is 7. The van der Waals surface area contributed by atoms with Crippen LogP contribution < -0.4 is 0 Å². The van der Waals surface area contributed by atoms with Crippen LogP contribution in [0, 0.1) is 0 Å². The summed E-state index contributed by atoms with van der Waals surface area (Å²) in [5.41, 5.74) is 12.6. The number of rotatable bonds is 4. The molecule has 0 fully saturated rings. The standard InChI is InChI=1S/C47H29N3O2/c1-3-12-28(13-4-1)45-48-46(29-14-5-2-6-15-29)50-47(49-45)36-20-11-19-34-38-26-30(22-24-40(38)52-44(34)36)37-27-31-23-25-41-43(35-18-9-10-21-39(35)51-41)42(31)33-17-8-7-16-32(33)37/h1-26,37H,27H2. The molecular weight excluding hydrogens is 639 g/mol. The molecular formula is C47H29N3O2. The van der Waals surface area contributed by atoms with Crippen molar-refractivity contribution >= 4 is 43.9 Å². The van der Waals surface area contributed by atoms with Gasteiger partial charge in [-0.25, -0.2) is 15.0 Å². The van der Waals surface area contributed by atoms with Gasteiger partial charge in [0.15, 0.2) is 17.5 Å². The Kier molecular flexibility index (Phi) is 6.31. The third-order valence-corrected chi connectivity index (χ3v) is 10.5. The molecule has 1 unspecified atom stereocenters. The molecule has 0 aliphatic heterocycles. The van der Waals surface area contributed by atoms with Crippen LogP contribution in [0.3, 0.4) is 0 Å². The van der Waals surface area contributed by atoms with Gasteiger partial charge in [0.05, 0.1) is 5.56 Å². The van der Waals surface area contributed by atoms with Crippen molar-refractivity contribution in [1.29, 1.82) is 0 Å². The molecule has 1 aliphatic rings. The van der Waals surface area contributed by atoms with Gasteiger partial charge in [-0.2, -0.15) is 0 Å². The van der Waals surface area contributed by atoms with Crippen molar-refractivity contribution < 1.29 is 8.83 Å². The summed E-state index contributed by atoms with van der Waals surface area (Å²) in [6.07, 6.45) is 0.893. The minimum absolute atomic E-state index is 0.183. The van der Waals surface area contributed by atoms with E-state index in [2.05, 4.69) is 84.9 Å². The molecule has 7 aromatic carbocycles. The fourth-order valence-corrected chi connectivity index (χ4v) is 8.13. The number of furan rings is 2. The van der Waals surface area contributed by atoms with E-state index in [0.717, 1.165) is 61.6 Å². The van der Waals surface area contributed by atoms with Gasteiger partial charge in [-0.05, 0) is 64.6 Å². The van der Waals surface area contributed by atoms with E-state index in [0.29, 0.717) is 17.5 Å². The van der Waals surface area contributed by atoms with Crippen molar-refractivity contribution in [3.63, 3.8) is 0 Å². The third-order valence-electron chi connectivity index (χ3n) is 10.5. The van der Waals surface area contributed by atoms with Gasteiger partial charge in [0.1, 0.15) is 22.3 Å². The summed E-state index contributed by atoms with van der Waals surface area (Å²) >= 11 is 0. The molecule has 0 bridgehead atoms. The average molecular weight is 668 g/mol. The molecule has 1 atom stereocenters. The molecule has 0 spiro atoms. The highest BCUT2D eigenvalue weighted by Crippen LogP contribution is 2.48. The predicted octanol–water partition coefficient (Wildman–Crippen LogP) is 12.0. The van der Waals surface area contributed by atoms with Crippen LogP contribution in [-0.4, -0.2) is 15.0 Å². The van der Waals surface area contributed by atoms with Crippen molar-refractivity contribution in [1.82, 2.24) is 15.0 Å². The SMILES string of the molecule is c1ccc(-c2nc(-c3ccccc3)nc(-c3cccc4c3oc3ccc(C5Cc6ccc7oc8ccccc8c7c6-c6ccccc65)cc34)n2)cc1. The Balaban J connectivity index is 1.06. The van der Waals surface area contributed by atoms with Crippen LogP contribution >= 0.6 is 0 Å². The molecule has 244 valence electrons. The molecule has 10 aromatic rings. The first kappa shape index (κ1) is 28.9. The largest absolute Gasteiger partial charge is 0.456 e. The van der Waals surface area contributed by atoms with Crippen LogP contribution in [0.4, 0.5) is 0 Å². The Morgan fingerprint density at radius 3 is 1.90 bits per heavy atom. The zero-order valence-corrected chi connectivity index (χ0v) is 28.0. The summed E-state index contributed by atoms with van der Waals surface area (Å²) in [6.45, 7) is 0. The van der Waals surface area contributed by atoms with E-state index in [-0.39, 0.29) is 5.92 Å². The normalized spacial score (nSPS) is 13.9. The lowest BCUT2D eigenvalue weighted by Gasteiger charge is -2.29. The quantitative estimate of drug-likeness (QED) is 0.187. The Hall–Kier alpha value is -6.85. The molecule has 11 rings (SSSR count). The molecule has 3 aromatic heterocycles. The van der Waals surface area contributed by atoms with Crippen LogP contribution in [0.2, 0.25) is 0 Å². The molecule has 5 heteroatoms. The van der Waals surface area contributed by atoms with Crippen molar-refractivity contribution in [2.24, 2.45) is 0 Å². The molecule has 5 nitrogen and oxygen atoms in total. The van der Waals surface area contributed by atoms with Gasteiger partial charge in [0.2, 0.25) is 0 Å². The van der Waals surface area contributed by atoms with Gasteiger partial charge in [0.25, 0.3) is 0 Å². The molecule has 0 N–H and O–H groups in total. The molecule has 0 radical (unpaired) electrons. The maximum absolute atomic E-state index is 6.67. The summed E-state index contributed by atoms with van der Waals surface area (Å²) in [7, 11) is 0. The van der Waals surface area contributed by atoms with Crippen LogP contribution in [-0.2, 0) is 6.42 Å². The second kappa shape index (κ2) is 11.3. The van der Waals surface area contributed by atoms with E-state index in [9.17, 15) is 0 Å². The monoisotopic (exact) mass is 667 g/mol. The highest BCUT2D eigenvalue weighted by molar-refractivity contribution is 6.14. The second-order valence-electron chi connectivity index (χ2n) is 13.5. The molecule has 3 heterocycles. The predicted molar refractivity (Wildman–Crippen MR) is 208 cm³/mol. The van der Waals surface area contributed by atoms with Crippen LogP contribution in [0.25, 0.3) is 89.2 Å². The smallest absolute Gasteiger partial charge is 0.167 e. The van der Waals surface area contributed by atoms with Gasteiger partial charge in [-0.3, -0.25) is 0 Å². The zero-order chi connectivity index (χ0) is 34.2. The average Bonchev–Trinajstić information content (AvgIpc) is 3.79. The van der Waals surface area contributed by atoms with Crippen molar-refractivity contribution in [3.8, 4) is 45.3 Å². The van der Waals surface area contributed by atoms with Crippen molar-refractivity contribution in [3.05, 3.63) is 174 Å². The van der Waals surface area contributed by atoms with Gasteiger partial charge in [-0.15, -0.1) is 0 Å². The number of para-hydroxylation sites is 2. The molecule has 52 heavy (non-hydrogen) atoms. The van der Waals surface area contributed by atoms with E-state index in [1.165, 1.54) is 33.2 Å². The first-order valence-corrected chi connectivity index (χ1v) is 17.6. The fourth-order valence-electron chi connectivity index (χ4n) is 8.13. The Labute approximate surface area is 298 Å². The lowest BCUT2D eigenvalue weighted by molar-refractivity contribution is 0.668. The molecule has 0 saturated carbocycles. The summed E-state index contributed by atoms with van der Waals surface area (Å²) in [5, 5.41) is 4.48. The topological polar surface area (TPSA) is 65.0 Å². The number of nitrogens with zero attached hydrogens (tertiary/aromatic N) is 3. The lowest BCUT2D eigenvalue weighted by atomic mass is 9.74. The minimum Gasteiger partial charge on any atom is -0.456 e. The molecule has 1 aliphatic carbocycles. The van der Waals surface area contributed by atoms with Crippen LogP contribution in [0.15, 0.2) is 167 Å². The van der Waals surface area contributed by atoms with E-state index in [4.69, 9.17) is 23.8 Å². The highest BCUT2D eigenvalue weighted by atomic mass is 16.3. The lowest BCUT2D eigenvalue weighted by Crippen LogP contribution is -2.12. The zero-order valence-electron chi connectivity index (χ0n) is 28.0. The molecule has 0 amide bonds. The second-order valence-corrected chi connectivity index (χ2v) is 13.5. The van der Waals surface area contributed by atoms with E-state index >= 15 is 0 Å². The third kappa shape index (κ3) is 4.46.